The third-order valence-electron chi connectivity index (χ3n) is 2.84. The average molecular weight is 308 g/mol. The van der Waals surface area contributed by atoms with Gasteiger partial charge < -0.3 is 14.8 Å². The number of carboxylic acids is 1. The molecule has 1 amide bonds. The van der Waals surface area contributed by atoms with Gasteiger partial charge in [0.15, 0.2) is 10.8 Å². The first-order valence-corrected chi connectivity index (χ1v) is 7.48. The topological polar surface area (TPSA) is 92.4 Å². The van der Waals surface area contributed by atoms with E-state index in [1.165, 1.54) is 11.3 Å². The summed E-state index contributed by atoms with van der Waals surface area (Å²) < 4.78 is 5.24. The Kier molecular flexibility index (Phi) is 5.10. The van der Waals surface area contributed by atoms with Gasteiger partial charge in [0.2, 0.25) is 5.91 Å². The van der Waals surface area contributed by atoms with Crippen molar-refractivity contribution in [1.29, 1.82) is 0 Å². The largest absolute Gasteiger partial charge is 0.480 e. The normalized spacial score (nSPS) is 12.0. The van der Waals surface area contributed by atoms with Crippen LogP contribution in [0.4, 0.5) is 0 Å². The lowest BCUT2D eigenvalue weighted by molar-refractivity contribution is -0.141. The Morgan fingerprint density at radius 2 is 2.33 bits per heavy atom. The maximum absolute atomic E-state index is 11.9. The van der Waals surface area contributed by atoms with Crippen molar-refractivity contribution < 1.29 is 19.1 Å². The molecular weight excluding hydrogens is 292 g/mol. The van der Waals surface area contributed by atoms with Crippen LogP contribution in [-0.2, 0) is 16.0 Å². The van der Waals surface area contributed by atoms with Crippen molar-refractivity contribution in [1.82, 2.24) is 10.3 Å². The molecule has 1 atom stereocenters. The molecule has 0 aromatic carbocycles. The van der Waals surface area contributed by atoms with Crippen LogP contribution in [-0.4, -0.2) is 28.0 Å². The van der Waals surface area contributed by atoms with Crippen LogP contribution < -0.4 is 5.32 Å². The first-order valence-electron chi connectivity index (χ1n) is 6.60. The molecule has 0 aliphatic rings. The number of carboxylic acid groups (broad SMARTS) is 1. The maximum Gasteiger partial charge on any atom is 0.326 e. The molecule has 0 saturated heterocycles. The van der Waals surface area contributed by atoms with Crippen LogP contribution in [0.3, 0.4) is 0 Å². The van der Waals surface area contributed by atoms with E-state index in [1.807, 2.05) is 6.92 Å². The second-order valence-electron chi connectivity index (χ2n) is 4.55. The fraction of sp³-hybridized carbons (Fsp3) is 0.357. The van der Waals surface area contributed by atoms with E-state index in [0.29, 0.717) is 29.3 Å². The number of rotatable bonds is 7. The number of amides is 1. The molecule has 0 radical (unpaired) electrons. The Morgan fingerprint density at radius 3 is 2.95 bits per heavy atom. The summed E-state index contributed by atoms with van der Waals surface area (Å²) in [4.78, 5) is 27.2. The number of furan rings is 1. The number of aliphatic carboxylic acids is 1. The van der Waals surface area contributed by atoms with Gasteiger partial charge in [-0.05, 0) is 18.6 Å². The van der Waals surface area contributed by atoms with Crippen LogP contribution in [0, 0.1) is 0 Å². The Balaban J connectivity index is 1.95. The SMILES string of the molecule is CCC[C@H](NC(=O)Cc1csc(-c2ccco2)n1)C(=O)O. The zero-order valence-electron chi connectivity index (χ0n) is 11.5. The maximum atomic E-state index is 11.9. The van der Waals surface area contributed by atoms with Crippen LogP contribution in [0.5, 0.6) is 0 Å². The van der Waals surface area contributed by atoms with Crippen LogP contribution in [0.2, 0.25) is 0 Å². The first-order chi connectivity index (χ1) is 10.1. The number of aromatic nitrogens is 1. The summed E-state index contributed by atoms with van der Waals surface area (Å²) in [7, 11) is 0. The number of nitrogens with one attached hydrogen (secondary N) is 1. The summed E-state index contributed by atoms with van der Waals surface area (Å²) in [5.74, 6) is -0.701. The molecule has 2 aromatic rings. The molecule has 2 rings (SSSR count). The van der Waals surface area contributed by atoms with Crippen LogP contribution in [0.1, 0.15) is 25.5 Å². The molecule has 0 bridgehead atoms. The molecule has 2 heterocycles. The Bertz CT molecular complexity index is 606. The smallest absolute Gasteiger partial charge is 0.326 e. The second-order valence-corrected chi connectivity index (χ2v) is 5.40. The van der Waals surface area contributed by atoms with Gasteiger partial charge in [0.25, 0.3) is 0 Å². The van der Waals surface area contributed by atoms with E-state index < -0.39 is 12.0 Å². The number of hydrogen-bond donors (Lipinski definition) is 2. The van der Waals surface area contributed by atoms with Gasteiger partial charge in [0.05, 0.1) is 18.4 Å². The fourth-order valence-corrected chi connectivity index (χ4v) is 2.64. The molecule has 7 heteroatoms. The van der Waals surface area contributed by atoms with E-state index in [0.717, 1.165) is 0 Å². The predicted molar refractivity (Wildman–Crippen MR) is 78.0 cm³/mol. The molecule has 0 unspecified atom stereocenters. The Hall–Kier alpha value is -2.15. The summed E-state index contributed by atoms with van der Waals surface area (Å²) in [6.45, 7) is 1.87. The van der Waals surface area contributed by atoms with Gasteiger partial charge in [-0.2, -0.15) is 0 Å². The lowest BCUT2D eigenvalue weighted by Gasteiger charge is -2.12. The molecule has 21 heavy (non-hydrogen) atoms. The first kappa shape index (κ1) is 15.2. The van der Waals surface area contributed by atoms with Gasteiger partial charge in [-0.25, -0.2) is 9.78 Å². The summed E-state index contributed by atoms with van der Waals surface area (Å²) in [5.41, 5.74) is 0.601. The van der Waals surface area contributed by atoms with E-state index in [2.05, 4.69) is 10.3 Å². The summed E-state index contributed by atoms with van der Waals surface area (Å²) in [6.07, 6.45) is 2.72. The van der Waals surface area contributed by atoms with E-state index in [9.17, 15) is 9.59 Å². The summed E-state index contributed by atoms with van der Waals surface area (Å²) in [6, 6.07) is 2.72. The molecule has 2 aromatic heterocycles. The summed E-state index contributed by atoms with van der Waals surface area (Å²) in [5, 5.41) is 14.0. The monoisotopic (exact) mass is 308 g/mol. The molecule has 0 spiro atoms. The molecule has 112 valence electrons. The highest BCUT2D eigenvalue weighted by Gasteiger charge is 2.19. The Labute approximate surface area is 125 Å². The van der Waals surface area contributed by atoms with Gasteiger partial charge in [-0.1, -0.05) is 13.3 Å². The number of carbonyl (C=O) groups is 2. The standard InChI is InChI=1S/C14H16N2O4S/c1-2-4-10(14(18)19)16-12(17)7-9-8-21-13(15-9)11-5-3-6-20-11/h3,5-6,8,10H,2,4,7H2,1H3,(H,16,17)(H,18,19)/t10-/m0/s1. The van der Waals surface area contributed by atoms with E-state index in [4.69, 9.17) is 9.52 Å². The van der Waals surface area contributed by atoms with Crippen molar-refractivity contribution in [3.05, 3.63) is 29.5 Å². The van der Waals surface area contributed by atoms with Gasteiger partial charge in [0, 0.05) is 5.38 Å². The zero-order valence-corrected chi connectivity index (χ0v) is 12.4. The Morgan fingerprint density at radius 1 is 1.52 bits per heavy atom. The van der Waals surface area contributed by atoms with Crippen LogP contribution in [0.15, 0.2) is 28.2 Å². The van der Waals surface area contributed by atoms with Crippen molar-refractivity contribution in [2.45, 2.75) is 32.2 Å². The number of carbonyl (C=O) groups excluding carboxylic acids is 1. The third kappa shape index (κ3) is 4.16. The molecule has 0 aliphatic carbocycles. The number of hydrogen-bond acceptors (Lipinski definition) is 5. The number of thiazole rings is 1. The molecular formula is C14H16N2O4S. The van der Waals surface area contributed by atoms with Gasteiger partial charge in [0.1, 0.15) is 6.04 Å². The summed E-state index contributed by atoms with van der Waals surface area (Å²) >= 11 is 1.38. The van der Waals surface area contributed by atoms with Crippen molar-refractivity contribution in [3.8, 4) is 10.8 Å². The zero-order chi connectivity index (χ0) is 15.2. The van der Waals surface area contributed by atoms with Gasteiger partial charge in [-0.3, -0.25) is 4.79 Å². The van der Waals surface area contributed by atoms with Crippen LogP contribution >= 0.6 is 11.3 Å². The van der Waals surface area contributed by atoms with E-state index >= 15 is 0 Å². The predicted octanol–water partition coefficient (Wildman–Crippen LogP) is 2.32. The van der Waals surface area contributed by atoms with Crippen LogP contribution in [0.25, 0.3) is 10.8 Å². The molecule has 2 N–H and O–H groups in total. The molecule has 0 fully saturated rings. The second kappa shape index (κ2) is 7.03. The van der Waals surface area contributed by atoms with Crippen molar-refractivity contribution in [2.75, 3.05) is 0 Å². The molecule has 0 aliphatic heterocycles. The average Bonchev–Trinajstić information content (AvgIpc) is 3.08. The van der Waals surface area contributed by atoms with Gasteiger partial charge in [-0.15, -0.1) is 11.3 Å². The molecule has 0 saturated carbocycles. The van der Waals surface area contributed by atoms with Crippen molar-refractivity contribution >= 4 is 23.2 Å². The van der Waals surface area contributed by atoms with Gasteiger partial charge >= 0.3 is 5.97 Å². The quantitative estimate of drug-likeness (QED) is 0.819. The molecule has 6 nitrogen and oxygen atoms in total. The van der Waals surface area contributed by atoms with E-state index in [-0.39, 0.29) is 12.3 Å². The highest BCUT2D eigenvalue weighted by Crippen LogP contribution is 2.24. The minimum atomic E-state index is -1.01. The van der Waals surface area contributed by atoms with Crippen molar-refractivity contribution in [2.24, 2.45) is 0 Å². The highest BCUT2D eigenvalue weighted by molar-refractivity contribution is 7.13. The highest BCUT2D eigenvalue weighted by atomic mass is 32.1. The minimum absolute atomic E-state index is 0.0602. The number of nitrogens with zero attached hydrogens (tertiary/aromatic N) is 1. The third-order valence-corrected chi connectivity index (χ3v) is 3.74. The van der Waals surface area contributed by atoms with Crippen molar-refractivity contribution in [3.63, 3.8) is 0 Å². The lowest BCUT2D eigenvalue weighted by Crippen LogP contribution is -2.41. The lowest BCUT2D eigenvalue weighted by atomic mass is 10.1. The fourth-order valence-electron chi connectivity index (χ4n) is 1.86. The van der Waals surface area contributed by atoms with E-state index in [1.54, 1.807) is 23.8 Å². The minimum Gasteiger partial charge on any atom is -0.480 e.